The number of fused-ring (bicyclic) bond motifs is 1. The normalized spacial score (nSPS) is 19.6. The molecule has 1 aromatic carbocycles. The molecule has 1 atom stereocenters. The summed E-state index contributed by atoms with van der Waals surface area (Å²) in [7, 11) is 0. The van der Waals surface area contributed by atoms with Crippen molar-refractivity contribution >= 4 is 0 Å². The molecule has 1 aromatic rings. The average Bonchev–Trinajstić information content (AvgIpc) is 2.56. The molecular weight excluding hydrogens is 230 g/mol. The van der Waals surface area contributed by atoms with Crippen molar-refractivity contribution in [2.24, 2.45) is 5.41 Å². The van der Waals surface area contributed by atoms with E-state index < -0.39 is 0 Å². The molecule has 1 unspecified atom stereocenters. The van der Waals surface area contributed by atoms with E-state index in [0.717, 1.165) is 0 Å². The van der Waals surface area contributed by atoms with Crippen LogP contribution in [0.2, 0.25) is 0 Å². The Balaban J connectivity index is 2.12. The van der Waals surface area contributed by atoms with Gasteiger partial charge < -0.3 is 5.32 Å². The molecule has 0 heterocycles. The highest BCUT2D eigenvalue weighted by Gasteiger charge is 2.31. The van der Waals surface area contributed by atoms with Gasteiger partial charge in [-0.15, -0.1) is 0 Å². The van der Waals surface area contributed by atoms with Gasteiger partial charge in [-0.25, -0.2) is 0 Å². The predicted octanol–water partition coefficient (Wildman–Crippen LogP) is 4.79. The molecule has 1 aliphatic carbocycles. The second-order valence-electron chi connectivity index (χ2n) is 8.06. The van der Waals surface area contributed by atoms with E-state index in [2.05, 4.69) is 65.1 Å². The fourth-order valence-corrected chi connectivity index (χ4v) is 3.72. The van der Waals surface area contributed by atoms with Crippen LogP contribution in [0.15, 0.2) is 18.2 Å². The van der Waals surface area contributed by atoms with Gasteiger partial charge in [-0.05, 0) is 56.6 Å². The van der Waals surface area contributed by atoms with E-state index in [9.17, 15) is 0 Å². The second-order valence-corrected chi connectivity index (χ2v) is 8.06. The molecule has 0 aromatic heterocycles. The SMILES string of the molecule is Cc1ccc2c(c1)C(NC(C)(C)CC(C)(C)C)CC2. The van der Waals surface area contributed by atoms with Crippen molar-refractivity contribution in [3.8, 4) is 0 Å². The summed E-state index contributed by atoms with van der Waals surface area (Å²) in [5.74, 6) is 0. The summed E-state index contributed by atoms with van der Waals surface area (Å²) in [5.41, 5.74) is 5.00. The second kappa shape index (κ2) is 4.94. The first-order valence-corrected chi connectivity index (χ1v) is 7.53. The van der Waals surface area contributed by atoms with E-state index in [1.165, 1.54) is 36.0 Å². The largest absolute Gasteiger partial charge is 0.305 e. The van der Waals surface area contributed by atoms with E-state index in [1.807, 2.05) is 0 Å². The first-order chi connectivity index (χ1) is 8.66. The topological polar surface area (TPSA) is 12.0 Å². The Bertz CT molecular complexity index is 451. The van der Waals surface area contributed by atoms with Gasteiger partial charge in [0.25, 0.3) is 0 Å². The van der Waals surface area contributed by atoms with Crippen LogP contribution in [0, 0.1) is 12.3 Å². The van der Waals surface area contributed by atoms with E-state index in [4.69, 9.17) is 0 Å². The van der Waals surface area contributed by atoms with Crippen molar-refractivity contribution in [2.45, 2.75) is 72.4 Å². The Morgan fingerprint density at radius 1 is 1.16 bits per heavy atom. The van der Waals surface area contributed by atoms with Crippen LogP contribution < -0.4 is 5.32 Å². The van der Waals surface area contributed by atoms with Gasteiger partial charge in [0.1, 0.15) is 0 Å². The van der Waals surface area contributed by atoms with Gasteiger partial charge in [0.05, 0.1) is 0 Å². The molecule has 0 fully saturated rings. The molecule has 106 valence electrons. The standard InChI is InChI=1S/C18H29N/c1-13-7-8-14-9-10-16(15(14)11-13)19-18(5,6)12-17(2,3)4/h7-8,11,16,19H,9-10,12H2,1-6H3. The van der Waals surface area contributed by atoms with Crippen LogP contribution in [0.25, 0.3) is 0 Å². The Morgan fingerprint density at radius 3 is 2.47 bits per heavy atom. The monoisotopic (exact) mass is 259 g/mol. The first kappa shape index (κ1) is 14.6. The molecular formula is C18H29N. The minimum absolute atomic E-state index is 0.189. The zero-order valence-corrected chi connectivity index (χ0v) is 13.4. The number of hydrogen-bond acceptors (Lipinski definition) is 1. The smallest absolute Gasteiger partial charge is 0.0330 e. The van der Waals surface area contributed by atoms with Crippen LogP contribution in [-0.2, 0) is 6.42 Å². The lowest BCUT2D eigenvalue weighted by atomic mass is 9.81. The summed E-state index contributed by atoms with van der Waals surface area (Å²) in [6.45, 7) is 13.8. The number of rotatable bonds is 3. The van der Waals surface area contributed by atoms with E-state index in [0.29, 0.717) is 11.5 Å². The van der Waals surface area contributed by atoms with Gasteiger partial charge in [0, 0.05) is 11.6 Å². The fraction of sp³-hybridized carbons (Fsp3) is 0.667. The molecule has 0 saturated heterocycles. The summed E-state index contributed by atoms with van der Waals surface area (Å²) in [6, 6.07) is 7.45. The quantitative estimate of drug-likeness (QED) is 0.823. The summed E-state index contributed by atoms with van der Waals surface area (Å²) in [4.78, 5) is 0. The van der Waals surface area contributed by atoms with Crippen LogP contribution in [0.1, 0.15) is 70.2 Å². The van der Waals surface area contributed by atoms with E-state index >= 15 is 0 Å². The lowest BCUT2D eigenvalue weighted by Gasteiger charge is -2.36. The number of nitrogens with one attached hydrogen (secondary N) is 1. The summed E-state index contributed by atoms with van der Waals surface area (Å²) in [6.07, 6.45) is 3.66. The van der Waals surface area contributed by atoms with Gasteiger partial charge in [0.2, 0.25) is 0 Å². The van der Waals surface area contributed by atoms with Crippen molar-refractivity contribution in [1.82, 2.24) is 5.32 Å². The van der Waals surface area contributed by atoms with Crippen molar-refractivity contribution in [2.75, 3.05) is 0 Å². The van der Waals surface area contributed by atoms with Gasteiger partial charge in [-0.1, -0.05) is 44.5 Å². The van der Waals surface area contributed by atoms with Gasteiger partial charge >= 0.3 is 0 Å². The van der Waals surface area contributed by atoms with Crippen LogP contribution in [0.5, 0.6) is 0 Å². The van der Waals surface area contributed by atoms with E-state index in [1.54, 1.807) is 0 Å². The Morgan fingerprint density at radius 2 is 1.84 bits per heavy atom. The molecule has 19 heavy (non-hydrogen) atoms. The van der Waals surface area contributed by atoms with Crippen molar-refractivity contribution < 1.29 is 0 Å². The highest BCUT2D eigenvalue weighted by molar-refractivity contribution is 5.37. The predicted molar refractivity (Wildman–Crippen MR) is 83.5 cm³/mol. The lowest BCUT2D eigenvalue weighted by molar-refractivity contribution is 0.222. The maximum atomic E-state index is 3.90. The highest BCUT2D eigenvalue weighted by Crippen LogP contribution is 2.35. The van der Waals surface area contributed by atoms with Crippen LogP contribution in [0.3, 0.4) is 0 Å². The highest BCUT2D eigenvalue weighted by atomic mass is 15.0. The summed E-state index contributed by atoms with van der Waals surface area (Å²) < 4.78 is 0. The lowest BCUT2D eigenvalue weighted by Crippen LogP contribution is -2.43. The molecule has 2 rings (SSSR count). The van der Waals surface area contributed by atoms with Crippen LogP contribution in [-0.4, -0.2) is 5.54 Å². The molecule has 1 aliphatic rings. The van der Waals surface area contributed by atoms with Crippen molar-refractivity contribution in [1.29, 1.82) is 0 Å². The Labute approximate surface area is 118 Å². The summed E-state index contributed by atoms with van der Waals surface area (Å²) in [5, 5.41) is 3.90. The summed E-state index contributed by atoms with van der Waals surface area (Å²) >= 11 is 0. The zero-order chi connectivity index (χ0) is 14.3. The third kappa shape index (κ3) is 3.82. The molecule has 0 saturated carbocycles. The maximum Gasteiger partial charge on any atom is 0.0330 e. The van der Waals surface area contributed by atoms with Crippen molar-refractivity contribution in [3.63, 3.8) is 0 Å². The molecule has 0 spiro atoms. The van der Waals surface area contributed by atoms with Gasteiger partial charge in [-0.3, -0.25) is 0 Å². The average molecular weight is 259 g/mol. The van der Waals surface area contributed by atoms with E-state index in [-0.39, 0.29) is 5.54 Å². The fourth-order valence-electron chi connectivity index (χ4n) is 3.72. The van der Waals surface area contributed by atoms with Crippen LogP contribution in [0.4, 0.5) is 0 Å². The third-order valence-electron chi connectivity index (χ3n) is 3.92. The molecule has 0 bridgehead atoms. The first-order valence-electron chi connectivity index (χ1n) is 7.53. The van der Waals surface area contributed by atoms with Crippen LogP contribution >= 0.6 is 0 Å². The number of hydrogen-bond donors (Lipinski definition) is 1. The molecule has 0 aliphatic heterocycles. The Hall–Kier alpha value is -0.820. The maximum absolute atomic E-state index is 3.90. The molecule has 0 amide bonds. The molecule has 1 N–H and O–H groups in total. The number of aryl methyl sites for hydroxylation is 2. The Kier molecular flexibility index (Phi) is 3.79. The molecule has 1 nitrogen and oxygen atoms in total. The van der Waals surface area contributed by atoms with Gasteiger partial charge in [0.15, 0.2) is 0 Å². The minimum atomic E-state index is 0.189. The minimum Gasteiger partial charge on any atom is -0.305 e. The molecule has 0 radical (unpaired) electrons. The zero-order valence-electron chi connectivity index (χ0n) is 13.4. The molecule has 1 heteroatoms. The third-order valence-corrected chi connectivity index (χ3v) is 3.92. The van der Waals surface area contributed by atoms with Crippen molar-refractivity contribution in [3.05, 3.63) is 34.9 Å². The van der Waals surface area contributed by atoms with Gasteiger partial charge in [-0.2, -0.15) is 0 Å². The number of benzene rings is 1.